The number of amides is 1. The maximum atomic E-state index is 12.3. The highest BCUT2D eigenvalue weighted by molar-refractivity contribution is 5.92. The molecule has 0 aromatic carbocycles. The fraction of sp³-hybridized carbons (Fsp3) is 0.583. The number of rotatable bonds is 2. The van der Waals surface area contributed by atoms with Crippen LogP contribution in [-0.4, -0.2) is 39.9 Å². The quantitative estimate of drug-likeness (QED) is 0.816. The van der Waals surface area contributed by atoms with Crippen molar-refractivity contribution in [2.75, 3.05) is 13.1 Å². The topological polar surface area (TPSA) is 72.1 Å². The molecule has 1 aliphatic heterocycles. The molecule has 0 radical (unpaired) electrons. The first-order chi connectivity index (χ1) is 8.24. The van der Waals surface area contributed by atoms with Gasteiger partial charge in [-0.25, -0.2) is 4.98 Å². The highest BCUT2D eigenvalue weighted by Crippen LogP contribution is 2.23. The third-order valence-electron chi connectivity index (χ3n) is 3.40. The summed E-state index contributed by atoms with van der Waals surface area (Å²) in [6.45, 7) is 3.42. The molecule has 0 spiro atoms. The third kappa shape index (κ3) is 2.44. The van der Waals surface area contributed by atoms with Crippen molar-refractivity contribution in [3.63, 3.8) is 0 Å². The van der Waals surface area contributed by atoms with E-state index in [9.17, 15) is 4.79 Å². The minimum Gasteiger partial charge on any atom is -0.333 e. The molecule has 2 rings (SSSR count). The standard InChI is InChI=1S/C12H18N4O/c1-9-3-2-6-16(11(9)7-13)12(17)10-8-14-4-5-15-10/h4-5,8-9,11H,2-3,6-7,13H2,1H3/t9-,11+/m0/s1. The largest absolute Gasteiger partial charge is 0.333 e. The van der Waals surface area contributed by atoms with Crippen LogP contribution >= 0.6 is 0 Å². The minimum absolute atomic E-state index is 0.0555. The lowest BCUT2D eigenvalue weighted by Crippen LogP contribution is -2.51. The first-order valence-electron chi connectivity index (χ1n) is 6.01. The molecule has 17 heavy (non-hydrogen) atoms. The van der Waals surface area contributed by atoms with Crippen molar-refractivity contribution in [1.82, 2.24) is 14.9 Å². The SMILES string of the molecule is C[C@H]1CCCN(C(=O)c2cnccn2)[C@@H]1CN. The van der Waals surface area contributed by atoms with Crippen molar-refractivity contribution in [1.29, 1.82) is 0 Å². The van der Waals surface area contributed by atoms with Crippen LogP contribution in [0.1, 0.15) is 30.3 Å². The molecule has 0 saturated carbocycles. The van der Waals surface area contributed by atoms with Crippen molar-refractivity contribution in [2.45, 2.75) is 25.8 Å². The second-order valence-electron chi connectivity index (χ2n) is 4.51. The number of nitrogens with zero attached hydrogens (tertiary/aromatic N) is 3. The fourth-order valence-corrected chi connectivity index (χ4v) is 2.42. The van der Waals surface area contributed by atoms with Gasteiger partial charge in [0.25, 0.3) is 5.91 Å². The Labute approximate surface area is 101 Å². The molecule has 0 unspecified atom stereocenters. The second kappa shape index (κ2) is 5.23. The number of carbonyl (C=O) groups excluding carboxylic acids is 1. The Hall–Kier alpha value is -1.49. The predicted octanol–water partition coefficient (Wildman–Crippen LogP) is 0.676. The third-order valence-corrected chi connectivity index (χ3v) is 3.40. The van der Waals surface area contributed by atoms with E-state index in [-0.39, 0.29) is 11.9 Å². The summed E-state index contributed by atoms with van der Waals surface area (Å²) in [7, 11) is 0. The van der Waals surface area contributed by atoms with E-state index in [0.717, 1.165) is 19.4 Å². The summed E-state index contributed by atoms with van der Waals surface area (Å²) in [5.74, 6) is 0.398. The Morgan fingerprint density at radius 2 is 2.41 bits per heavy atom. The number of hydrogen-bond acceptors (Lipinski definition) is 4. The Bertz CT molecular complexity index is 381. The van der Waals surface area contributed by atoms with E-state index in [0.29, 0.717) is 18.2 Å². The smallest absolute Gasteiger partial charge is 0.274 e. The maximum absolute atomic E-state index is 12.3. The molecule has 5 nitrogen and oxygen atoms in total. The van der Waals surface area contributed by atoms with Crippen molar-refractivity contribution in [2.24, 2.45) is 11.7 Å². The molecule has 1 aromatic rings. The van der Waals surface area contributed by atoms with Gasteiger partial charge in [-0.05, 0) is 18.8 Å². The van der Waals surface area contributed by atoms with Crippen LogP contribution in [0.3, 0.4) is 0 Å². The summed E-state index contributed by atoms with van der Waals surface area (Å²) in [5, 5.41) is 0. The lowest BCUT2D eigenvalue weighted by molar-refractivity contribution is 0.0526. The zero-order valence-corrected chi connectivity index (χ0v) is 10.0. The molecule has 2 heterocycles. The summed E-state index contributed by atoms with van der Waals surface area (Å²) in [6, 6.07) is 0.123. The molecule has 0 bridgehead atoms. The van der Waals surface area contributed by atoms with Crippen LogP contribution in [0.15, 0.2) is 18.6 Å². The molecule has 92 valence electrons. The summed E-state index contributed by atoms with van der Waals surface area (Å²) < 4.78 is 0. The Morgan fingerprint density at radius 3 is 3.06 bits per heavy atom. The monoisotopic (exact) mass is 234 g/mol. The van der Waals surface area contributed by atoms with E-state index in [4.69, 9.17) is 5.73 Å². The minimum atomic E-state index is -0.0555. The zero-order valence-electron chi connectivity index (χ0n) is 10.0. The molecule has 5 heteroatoms. The van der Waals surface area contributed by atoms with E-state index in [1.165, 1.54) is 12.4 Å². The molecule has 1 aliphatic rings. The van der Waals surface area contributed by atoms with Gasteiger partial charge in [0.15, 0.2) is 0 Å². The van der Waals surface area contributed by atoms with Gasteiger partial charge in [0.1, 0.15) is 5.69 Å². The number of carbonyl (C=O) groups is 1. The van der Waals surface area contributed by atoms with Crippen molar-refractivity contribution in [3.8, 4) is 0 Å². The molecule has 1 saturated heterocycles. The Morgan fingerprint density at radius 1 is 1.59 bits per heavy atom. The lowest BCUT2D eigenvalue weighted by atomic mass is 9.90. The summed E-state index contributed by atoms with van der Waals surface area (Å²) in [5.41, 5.74) is 6.17. The molecule has 1 aromatic heterocycles. The van der Waals surface area contributed by atoms with Gasteiger partial charge in [-0.3, -0.25) is 9.78 Å². The molecular weight excluding hydrogens is 216 g/mol. The molecule has 1 amide bonds. The van der Waals surface area contributed by atoms with Crippen LogP contribution in [0.2, 0.25) is 0 Å². The first-order valence-corrected chi connectivity index (χ1v) is 6.01. The zero-order chi connectivity index (χ0) is 12.3. The van der Waals surface area contributed by atoms with E-state index in [1.54, 1.807) is 6.20 Å². The fourth-order valence-electron chi connectivity index (χ4n) is 2.42. The summed E-state index contributed by atoms with van der Waals surface area (Å²) in [6.07, 6.45) is 6.78. The lowest BCUT2D eigenvalue weighted by Gasteiger charge is -2.39. The molecule has 2 N–H and O–H groups in total. The van der Waals surface area contributed by atoms with Crippen molar-refractivity contribution >= 4 is 5.91 Å². The number of piperidine rings is 1. The number of nitrogens with two attached hydrogens (primary N) is 1. The highest BCUT2D eigenvalue weighted by atomic mass is 16.2. The number of likely N-dealkylation sites (tertiary alicyclic amines) is 1. The second-order valence-corrected chi connectivity index (χ2v) is 4.51. The highest BCUT2D eigenvalue weighted by Gasteiger charge is 2.31. The normalized spacial score (nSPS) is 24.7. The van der Waals surface area contributed by atoms with Gasteiger partial charge in [-0.1, -0.05) is 6.92 Å². The predicted molar refractivity (Wildman–Crippen MR) is 64.3 cm³/mol. The van der Waals surface area contributed by atoms with Crippen LogP contribution in [-0.2, 0) is 0 Å². The van der Waals surface area contributed by atoms with Crippen LogP contribution in [0.25, 0.3) is 0 Å². The van der Waals surface area contributed by atoms with Gasteiger partial charge >= 0.3 is 0 Å². The van der Waals surface area contributed by atoms with Crippen LogP contribution < -0.4 is 5.73 Å². The van der Waals surface area contributed by atoms with Gasteiger partial charge in [-0.2, -0.15) is 0 Å². The molecular formula is C12H18N4O. The van der Waals surface area contributed by atoms with E-state index in [2.05, 4.69) is 16.9 Å². The van der Waals surface area contributed by atoms with Gasteiger partial charge in [-0.15, -0.1) is 0 Å². The van der Waals surface area contributed by atoms with Gasteiger partial charge < -0.3 is 10.6 Å². The van der Waals surface area contributed by atoms with Gasteiger partial charge in [0.2, 0.25) is 0 Å². The van der Waals surface area contributed by atoms with Gasteiger partial charge in [0, 0.05) is 31.5 Å². The van der Waals surface area contributed by atoms with E-state index >= 15 is 0 Å². The maximum Gasteiger partial charge on any atom is 0.274 e. The average Bonchev–Trinajstić information content (AvgIpc) is 2.38. The summed E-state index contributed by atoms with van der Waals surface area (Å²) in [4.78, 5) is 22.1. The summed E-state index contributed by atoms with van der Waals surface area (Å²) >= 11 is 0. The first kappa shape index (κ1) is 12.0. The van der Waals surface area contributed by atoms with Crippen molar-refractivity contribution < 1.29 is 4.79 Å². The average molecular weight is 234 g/mol. The molecule has 2 atom stereocenters. The Balaban J connectivity index is 2.18. The Kier molecular flexibility index (Phi) is 3.68. The van der Waals surface area contributed by atoms with E-state index in [1.807, 2.05) is 4.90 Å². The van der Waals surface area contributed by atoms with Crippen LogP contribution in [0, 0.1) is 5.92 Å². The van der Waals surface area contributed by atoms with Crippen LogP contribution in [0.4, 0.5) is 0 Å². The molecule has 0 aliphatic carbocycles. The molecule has 1 fully saturated rings. The van der Waals surface area contributed by atoms with Crippen molar-refractivity contribution in [3.05, 3.63) is 24.3 Å². The van der Waals surface area contributed by atoms with Gasteiger partial charge in [0.05, 0.1) is 6.20 Å². The number of hydrogen-bond donors (Lipinski definition) is 1. The van der Waals surface area contributed by atoms with E-state index < -0.39 is 0 Å². The van der Waals surface area contributed by atoms with Crippen LogP contribution in [0.5, 0.6) is 0 Å². The number of aromatic nitrogens is 2.